The molecule has 5 heteroatoms. The van der Waals surface area contributed by atoms with Crippen LogP contribution in [0.1, 0.15) is 32.3 Å². The standard InChI is InChI=1S/C15H21N3OS/c1-3-7-16-11-12-10-13(14-6-5-9-20-14)17-18(8-4-2)15(12)19/h5-6,9-10,16H,3-4,7-8,11H2,1-2H3. The maximum atomic E-state index is 12.3. The third-order valence-electron chi connectivity index (χ3n) is 3.00. The minimum absolute atomic E-state index is 0.0239. The quantitative estimate of drug-likeness (QED) is 0.798. The zero-order valence-electron chi connectivity index (χ0n) is 12.1. The second-order valence-corrected chi connectivity index (χ2v) is 5.68. The lowest BCUT2D eigenvalue weighted by atomic mass is 10.2. The van der Waals surface area contributed by atoms with Crippen molar-refractivity contribution in [3.63, 3.8) is 0 Å². The van der Waals surface area contributed by atoms with Gasteiger partial charge in [-0.25, -0.2) is 4.68 Å². The predicted molar refractivity (Wildman–Crippen MR) is 84.1 cm³/mol. The molecule has 0 aromatic carbocycles. The summed E-state index contributed by atoms with van der Waals surface area (Å²) in [5, 5.41) is 9.81. The highest BCUT2D eigenvalue weighted by molar-refractivity contribution is 7.13. The monoisotopic (exact) mass is 291 g/mol. The molecule has 20 heavy (non-hydrogen) atoms. The van der Waals surface area contributed by atoms with Crippen LogP contribution in [0.4, 0.5) is 0 Å². The second kappa shape index (κ2) is 7.36. The Bertz CT molecular complexity index is 590. The zero-order chi connectivity index (χ0) is 14.4. The lowest BCUT2D eigenvalue weighted by Gasteiger charge is -2.09. The molecule has 0 saturated heterocycles. The van der Waals surface area contributed by atoms with Crippen molar-refractivity contribution in [1.29, 1.82) is 0 Å². The van der Waals surface area contributed by atoms with Crippen molar-refractivity contribution in [3.8, 4) is 10.6 Å². The van der Waals surface area contributed by atoms with Gasteiger partial charge in [0.25, 0.3) is 5.56 Å². The number of thiophene rings is 1. The summed E-state index contributed by atoms with van der Waals surface area (Å²) in [5.74, 6) is 0. The molecule has 0 bridgehead atoms. The first-order chi connectivity index (χ1) is 9.76. The van der Waals surface area contributed by atoms with Gasteiger partial charge in [0.15, 0.2) is 0 Å². The molecule has 1 N–H and O–H groups in total. The van der Waals surface area contributed by atoms with Crippen molar-refractivity contribution in [2.24, 2.45) is 0 Å². The van der Waals surface area contributed by atoms with Crippen LogP contribution in [0, 0.1) is 0 Å². The van der Waals surface area contributed by atoms with Gasteiger partial charge < -0.3 is 5.32 Å². The number of aromatic nitrogens is 2. The Hall–Kier alpha value is -1.46. The molecule has 108 valence electrons. The van der Waals surface area contributed by atoms with Crippen molar-refractivity contribution in [3.05, 3.63) is 39.5 Å². The molecule has 0 saturated carbocycles. The summed E-state index contributed by atoms with van der Waals surface area (Å²) < 4.78 is 1.60. The van der Waals surface area contributed by atoms with Crippen molar-refractivity contribution in [2.75, 3.05) is 6.54 Å². The Labute approximate surface area is 123 Å². The Morgan fingerprint density at radius 3 is 2.85 bits per heavy atom. The summed E-state index contributed by atoms with van der Waals surface area (Å²) in [6, 6.07) is 5.96. The van der Waals surface area contributed by atoms with Crippen LogP contribution in [0.3, 0.4) is 0 Å². The van der Waals surface area contributed by atoms with Gasteiger partial charge in [0, 0.05) is 18.7 Å². The molecule has 0 atom stereocenters. The highest BCUT2D eigenvalue weighted by Gasteiger charge is 2.10. The smallest absolute Gasteiger partial charge is 0.271 e. The average Bonchev–Trinajstić information content (AvgIpc) is 2.97. The van der Waals surface area contributed by atoms with Gasteiger partial charge in [-0.2, -0.15) is 5.10 Å². The fraction of sp³-hybridized carbons (Fsp3) is 0.467. The Morgan fingerprint density at radius 1 is 1.35 bits per heavy atom. The van der Waals surface area contributed by atoms with Crippen molar-refractivity contribution in [2.45, 2.75) is 39.8 Å². The molecule has 0 spiro atoms. The van der Waals surface area contributed by atoms with Crippen molar-refractivity contribution in [1.82, 2.24) is 15.1 Å². The van der Waals surface area contributed by atoms with Crippen LogP contribution in [0.25, 0.3) is 10.6 Å². The van der Waals surface area contributed by atoms with E-state index in [9.17, 15) is 4.79 Å². The fourth-order valence-electron chi connectivity index (χ4n) is 2.03. The minimum atomic E-state index is 0.0239. The summed E-state index contributed by atoms with van der Waals surface area (Å²) in [5.41, 5.74) is 1.71. The second-order valence-electron chi connectivity index (χ2n) is 4.74. The lowest BCUT2D eigenvalue weighted by Crippen LogP contribution is -2.29. The van der Waals surface area contributed by atoms with Crippen molar-refractivity contribution < 1.29 is 0 Å². The zero-order valence-corrected chi connectivity index (χ0v) is 12.9. The van der Waals surface area contributed by atoms with Gasteiger partial charge in [0.1, 0.15) is 5.69 Å². The van der Waals surface area contributed by atoms with Gasteiger partial charge in [-0.3, -0.25) is 4.79 Å². The largest absolute Gasteiger partial charge is 0.312 e. The highest BCUT2D eigenvalue weighted by Crippen LogP contribution is 2.22. The summed E-state index contributed by atoms with van der Waals surface area (Å²) in [4.78, 5) is 13.4. The van der Waals surface area contributed by atoms with Gasteiger partial charge in [0.2, 0.25) is 0 Å². The van der Waals surface area contributed by atoms with E-state index in [1.165, 1.54) is 0 Å². The molecule has 0 fully saturated rings. The topological polar surface area (TPSA) is 46.9 Å². The van der Waals surface area contributed by atoms with Gasteiger partial charge >= 0.3 is 0 Å². The average molecular weight is 291 g/mol. The van der Waals surface area contributed by atoms with E-state index >= 15 is 0 Å². The third kappa shape index (κ3) is 3.55. The van der Waals surface area contributed by atoms with E-state index in [0.29, 0.717) is 13.1 Å². The molecule has 2 heterocycles. The Balaban J connectivity index is 2.36. The van der Waals surface area contributed by atoms with E-state index in [1.54, 1.807) is 16.0 Å². The van der Waals surface area contributed by atoms with Gasteiger partial charge in [-0.1, -0.05) is 19.9 Å². The molecule has 0 unspecified atom stereocenters. The molecule has 0 aliphatic carbocycles. The molecule has 0 amide bonds. The number of nitrogens with zero attached hydrogens (tertiary/aromatic N) is 2. The molecular weight excluding hydrogens is 270 g/mol. The third-order valence-corrected chi connectivity index (χ3v) is 3.89. The van der Waals surface area contributed by atoms with Gasteiger partial charge in [-0.05, 0) is 36.9 Å². The number of nitrogens with one attached hydrogen (secondary N) is 1. The molecular formula is C15H21N3OS. The minimum Gasteiger partial charge on any atom is -0.312 e. The first kappa shape index (κ1) is 14.9. The van der Waals surface area contributed by atoms with E-state index in [1.807, 2.05) is 23.6 Å². The number of hydrogen-bond acceptors (Lipinski definition) is 4. The molecule has 0 radical (unpaired) electrons. The summed E-state index contributed by atoms with van der Waals surface area (Å²) in [6.45, 7) is 6.37. The summed E-state index contributed by atoms with van der Waals surface area (Å²) in [7, 11) is 0. The Morgan fingerprint density at radius 2 is 2.20 bits per heavy atom. The molecule has 2 aromatic rings. The van der Waals surface area contributed by atoms with Crippen LogP contribution in [0.2, 0.25) is 0 Å². The normalized spacial score (nSPS) is 10.9. The van der Waals surface area contributed by atoms with Crippen LogP contribution in [0.15, 0.2) is 28.4 Å². The van der Waals surface area contributed by atoms with E-state index in [4.69, 9.17) is 0 Å². The van der Waals surface area contributed by atoms with Crippen LogP contribution in [-0.2, 0) is 13.1 Å². The van der Waals surface area contributed by atoms with E-state index < -0.39 is 0 Å². The SMILES string of the molecule is CCCNCc1cc(-c2cccs2)nn(CCC)c1=O. The number of rotatable bonds is 7. The van der Waals surface area contributed by atoms with Crippen LogP contribution >= 0.6 is 11.3 Å². The van der Waals surface area contributed by atoms with Crippen LogP contribution in [-0.4, -0.2) is 16.3 Å². The van der Waals surface area contributed by atoms with Crippen LogP contribution in [0.5, 0.6) is 0 Å². The fourth-order valence-corrected chi connectivity index (χ4v) is 2.71. The summed E-state index contributed by atoms with van der Waals surface area (Å²) in [6.07, 6.45) is 1.97. The van der Waals surface area contributed by atoms with Gasteiger partial charge in [0.05, 0.1) is 4.88 Å². The predicted octanol–water partition coefficient (Wildman–Crippen LogP) is 2.88. The maximum absolute atomic E-state index is 12.3. The molecule has 0 aliphatic heterocycles. The first-order valence-corrected chi connectivity index (χ1v) is 7.99. The lowest BCUT2D eigenvalue weighted by molar-refractivity contribution is 0.558. The van der Waals surface area contributed by atoms with Crippen LogP contribution < -0.4 is 10.9 Å². The summed E-state index contributed by atoms with van der Waals surface area (Å²) >= 11 is 1.65. The van der Waals surface area contributed by atoms with Crippen molar-refractivity contribution >= 4 is 11.3 Å². The highest BCUT2D eigenvalue weighted by atomic mass is 32.1. The molecule has 2 rings (SSSR count). The maximum Gasteiger partial charge on any atom is 0.271 e. The van der Waals surface area contributed by atoms with E-state index in [2.05, 4.69) is 24.3 Å². The van der Waals surface area contributed by atoms with E-state index in [0.717, 1.165) is 35.5 Å². The van der Waals surface area contributed by atoms with E-state index in [-0.39, 0.29) is 5.56 Å². The Kier molecular flexibility index (Phi) is 5.49. The number of hydrogen-bond donors (Lipinski definition) is 1. The first-order valence-electron chi connectivity index (χ1n) is 7.11. The number of aryl methyl sites for hydroxylation is 1. The van der Waals surface area contributed by atoms with Gasteiger partial charge in [-0.15, -0.1) is 11.3 Å². The molecule has 0 aliphatic rings. The molecule has 4 nitrogen and oxygen atoms in total. The molecule has 2 aromatic heterocycles.